The molecule has 0 aliphatic heterocycles. The average molecular weight is 1200 g/mol. The maximum atomic E-state index is 10.3. The fourth-order valence-corrected chi connectivity index (χ4v) is 2.65. The fourth-order valence-electron chi connectivity index (χ4n) is 2.65. The molecule has 0 spiro atoms. The first-order valence-electron chi connectivity index (χ1n) is 12.1. The predicted octanol–water partition coefficient (Wildman–Crippen LogP) is -18.7. The summed E-state index contributed by atoms with van der Waals surface area (Å²) in [4.78, 5) is 94.7. The summed E-state index contributed by atoms with van der Waals surface area (Å²) >= 11 is 0. The molecule has 63 heavy (non-hydrogen) atoms. The van der Waals surface area contributed by atoms with Gasteiger partial charge < -0.3 is 146 Å². The average Bonchev–Trinajstić information content (AvgIpc) is 3.05. The van der Waals surface area contributed by atoms with Crippen LogP contribution in [0.25, 0.3) is 0 Å². The Kier molecular flexibility index (Phi) is 82.0. The first-order chi connectivity index (χ1) is 22.4. The molecule has 0 aromatic carbocycles. The van der Waals surface area contributed by atoms with Gasteiger partial charge in [0.25, 0.3) is 0 Å². The molecule has 0 atom stereocenters. The molecule has 0 unspecified atom stereocenters. The summed E-state index contributed by atoms with van der Waals surface area (Å²) in [5, 5.41) is 79.8. The molecule has 0 bridgehead atoms. The van der Waals surface area contributed by atoms with E-state index >= 15 is 0 Å². The molecule has 35 heteroatoms. The number of carbonyl (C=O) groups is 8. The smallest absolute Gasteiger partial charge is 0.543 e. The van der Waals surface area contributed by atoms with Crippen LogP contribution < -0.4 is 35.7 Å². The van der Waals surface area contributed by atoms with Crippen molar-refractivity contribution in [3.8, 4) is 0 Å². The van der Waals surface area contributed by atoms with E-state index in [-0.39, 0.29) is 162 Å². The van der Waals surface area contributed by atoms with Crippen LogP contribution in [0.3, 0.4) is 0 Å². The van der Waals surface area contributed by atoms with Gasteiger partial charge in [-0.15, -0.1) is 0 Å². The number of carboxylic acids is 8. The summed E-state index contributed by atoms with van der Waals surface area (Å²) in [5.74, 6) is -11.8. The Labute approximate surface area is 413 Å². The van der Waals surface area contributed by atoms with Gasteiger partial charge in [0, 0.05) is 0 Å². The molecule has 4 rings (SSSR count). The van der Waals surface area contributed by atoms with Crippen LogP contribution in [0.4, 0.5) is 0 Å². The van der Waals surface area contributed by atoms with E-state index in [1.807, 2.05) is 0 Å². The van der Waals surface area contributed by atoms with Crippen molar-refractivity contribution >= 4 is 47.8 Å². The Hall–Kier alpha value is -5.51. The third-order valence-electron chi connectivity index (χ3n) is 4.68. The molecular formula is C28H45CeDyN4O29+6. The van der Waals surface area contributed by atoms with Gasteiger partial charge in [0.05, 0.1) is 81.6 Å². The van der Waals surface area contributed by atoms with Crippen molar-refractivity contribution in [2.24, 2.45) is 0 Å². The second-order valence-electron chi connectivity index (χ2n) is 7.95. The quantitative estimate of drug-likeness (QED) is 0.160. The maximum absolute atomic E-state index is 10.3. The number of rotatable bonds is 8. The summed E-state index contributed by atoms with van der Waals surface area (Å²) in [5.41, 5.74) is -3.21. The van der Waals surface area contributed by atoms with Crippen LogP contribution in [0, 0.1) is 79.9 Å². The molecule has 359 valence electrons. The van der Waals surface area contributed by atoms with Crippen molar-refractivity contribution in [1.29, 1.82) is 0 Å². The van der Waals surface area contributed by atoms with Crippen LogP contribution >= 0.6 is 0 Å². The third kappa shape index (κ3) is 37.9. The van der Waals surface area contributed by atoms with Gasteiger partial charge in [-0.1, -0.05) is 24.3 Å². The number of carboxylic acid groups (broad SMARTS) is 8. The number of pyridine rings is 4. The Bertz CT molecular complexity index is 1520. The monoisotopic (exact) mass is 1210 g/mol. The molecule has 0 saturated heterocycles. The molecule has 1 radical (unpaired) electrons. The van der Waals surface area contributed by atoms with Crippen LogP contribution in [0.1, 0.15) is 83.9 Å². The Balaban J connectivity index is -0.0000000348. The molecular weight excluding hydrogens is 1160 g/mol. The van der Waals surface area contributed by atoms with E-state index in [9.17, 15) is 74.1 Å². The largest absolute Gasteiger partial charge is 4.00 e. The van der Waals surface area contributed by atoms with Crippen molar-refractivity contribution < 1.29 is 230 Å². The SMILES string of the molecule is O.O.O.O.O.O.O.O=C([O-])c1cccc(C(=O)O)n1.O=C([O-])c1cccc(C(=O)[O-])n1.O=C([O-])c1cccc(C(=O)[O-])n1.O=C([O-])c1cccc(C(=O)[O-])n1.[Ce+4].[Dy+3].[OH3+].[OH3+].[OH3+].[OH3+].[OH3+].[OH3+]. The van der Waals surface area contributed by atoms with E-state index in [0.29, 0.717) is 0 Å². The maximum Gasteiger partial charge on any atom is 4.00 e. The van der Waals surface area contributed by atoms with Gasteiger partial charge in [-0.2, -0.15) is 0 Å². The number of hydrogen-bond acceptors (Lipinski definition) is 19. The molecule has 0 aliphatic rings. The normalized spacial score (nSPS) is 7.11. The first kappa shape index (κ1) is 102. The number of carbonyl (C=O) groups excluding carboxylic acids is 7. The van der Waals surface area contributed by atoms with E-state index < -0.39 is 81.9 Å². The van der Waals surface area contributed by atoms with Crippen molar-refractivity contribution in [2.45, 2.75) is 0 Å². The van der Waals surface area contributed by atoms with Gasteiger partial charge in [0.1, 0.15) is 5.69 Å². The van der Waals surface area contributed by atoms with Crippen molar-refractivity contribution in [1.82, 2.24) is 19.9 Å². The zero-order valence-corrected chi connectivity index (χ0v) is 36.2. The van der Waals surface area contributed by atoms with Crippen molar-refractivity contribution in [2.75, 3.05) is 0 Å². The minimum absolute atomic E-state index is 0. The van der Waals surface area contributed by atoms with E-state index in [4.69, 9.17) is 5.11 Å². The van der Waals surface area contributed by atoms with Gasteiger partial charge in [0.2, 0.25) is 0 Å². The van der Waals surface area contributed by atoms with E-state index in [1.165, 1.54) is 36.4 Å². The van der Waals surface area contributed by atoms with Gasteiger partial charge in [-0.3, -0.25) is 0 Å². The summed E-state index contributed by atoms with van der Waals surface area (Å²) < 4.78 is 0. The summed E-state index contributed by atoms with van der Waals surface area (Å²) in [7, 11) is 0. The van der Waals surface area contributed by atoms with Crippen LogP contribution in [-0.4, -0.2) is 111 Å². The summed E-state index contributed by atoms with van der Waals surface area (Å²) in [6, 6.07) is 14.3. The van der Waals surface area contributed by atoms with Crippen molar-refractivity contribution in [3.05, 3.63) is 118 Å². The van der Waals surface area contributed by atoms with Crippen LogP contribution in [0.15, 0.2) is 72.8 Å². The minimum Gasteiger partial charge on any atom is -0.543 e. The zero-order valence-electron chi connectivity index (χ0n) is 31.1. The molecule has 0 aliphatic carbocycles. The van der Waals surface area contributed by atoms with E-state index in [0.717, 1.165) is 36.4 Å². The Morgan fingerprint density at radius 2 is 0.429 bits per heavy atom. The molecule has 4 aromatic heterocycles. The Morgan fingerprint density at radius 1 is 0.317 bits per heavy atom. The first-order valence-corrected chi connectivity index (χ1v) is 12.1. The van der Waals surface area contributed by atoms with Crippen LogP contribution in [0.2, 0.25) is 0 Å². The van der Waals surface area contributed by atoms with Crippen LogP contribution in [0.5, 0.6) is 0 Å². The predicted molar refractivity (Wildman–Crippen MR) is 189 cm³/mol. The van der Waals surface area contributed by atoms with Gasteiger partial charge in [-0.05, 0) is 48.5 Å². The number of aromatic carboxylic acids is 8. The molecule has 4 aromatic rings. The number of hydrogen-bond donors (Lipinski definition) is 1. The van der Waals surface area contributed by atoms with Gasteiger partial charge in [-0.25, -0.2) is 24.7 Å². The molecule has 0 fully saturated rings. The molecule has 33 nitrogen and oxygen atoms in total. The number of nitrogens with zero attached hydrogens (tertiary/aromatic N) is 4. The van der Waals surface area contributed by atoms with E-state index in [1.54, 1.807) is 0 Å². The second-order valence-corrected chi connectivity index (χ2v) is 7.95. The third-order valence-corrected chi connectivity index (χ3v) is 4.68. The molecule has 0 amide bonds. The van der Waals surface area contributed by atoms with Crippen LogP contribution in [-0.2, 0) is 32.9 Å². The fraction of sp³-hybridized carbons (Fsp3) is 0. The second kappa shape index (κ2) is 50.8. The Morgan fingerprint density at radius 3 is 0.540 bits per heavy atom. The molecule has 4 heterocycles. The molecule has 0 saturated carbocycles. The van der Waals surface area contributed by atoms with Crippen molar-refractivity contribution in [3.63, 3.8) is 0 Å². The van der Waals surface area contributed by atoms with Gasteiger partial charge in [0.15, 0.2) is 0 Å². The zero-order chi connectivity index (χ0) is 36.6. The number of aromatic nitrogens is 4. The topological polar surface area (TPSA) is 788 Å². The minimum atomic E-state index is -1.52. The molecule has 33 N–H and O–H groups in total. The van der Waals surface area contributed by atoms with Gasteiger partial charge >= 0.3 is 85.9 Å². The standard InChI is InChI=1S/4C7H5NO4.Ce.Dy.13H2O/c4*9-6(10)4-2-1-3-5(8-4)7(11)12;;;;;;;;;;;;;;;/h4*1-3H,(H,9,10)(H,11,12);;;13*1H2/q;;;;+4;+3;;;;;;;;;;;;;/p-1. The van der Waals surface area contributed by atoms with E-state index in [2.05, 4.69) is 19.9 Å². The summed E-state index contributed by atoms with van der Waals surface area (Å²) in [6.45, 7) is 0. The summed E-state index contributed by atoms with van der Waals surface area (Å²) in [6.07, 6.45) is 0.